The Hall–Kier alpha value is -2.04. The number of benzene rings is 1. The zero-order valence-electron chi connectivity index (χ0n) is 21.1. The number of carbonyl (C=O) groups excluding carboxylic acids is 2. The molecule has 1 heterocycles. The van der Waals surface area contributed by atoms with Crippen LogP contribution in [0.15, 0.2) is 30.3 Å². The third kappa shape index (κ3) is 4.13. The van der Waals surface area contributed by atoms with E-state index < -0.39 is 0 Å². The van der Waals surface area contributed by atoms with Gasteiger partial charge in [-0.3, -0.25) is 4.79 Å². The maximum Gasteiger partial charge on any atom is 0.407 e. The van der Waals surface area contributed by atoms with Crippen molar-refractivity contribution >= 4 is 12.0 Å². The molecular weight excluding hydrogens is 424 g/mol. The van der Waals surface area contributed by atoms with E-state index in [1.165, 1.54) is 32.1 Å². The number of fused-ring (bicyclic) bond motifs is 5. The second kappa shape index (κ2) is 9.20. The van der Waals surface area contributed by atoms with E-state index in [-0.39, 0.29) is 17.4 Å². The molecule has 1 aromatic carbocycles. The quantitative estimate of drug-likeness (QED) is 0.586. The lowest BCUT2D eigenvalue weighted by Gasteiger charge is -2.60. The van der Waals surface area contributed by atoms with Gasteiger partial charge in [0.25, 0.3) is 0 Å². The van der Waals surface area contributed by atoms with Gasteiger partial charge in [-0.05, 0) is 90.9 Å². The molecule has 2 amide bonds. The minimum Gasteiger partial charge on any atom is -0.445 e. The highest BCUT2D eigenvalue weighted by molar-refractivity contribution is 5.77. The predicted octanol–water partition coefficient (Wildman–Crippen LogP) is 5.69. The van der Waals surface area contributed by atoms with Crippen LogP contribution in [0.2, 0.25) is 0 Å². The minimum absolute atomic E-state index is 0.256. The van der Waals surface area contributed by atoms with Crippen molar-refractivity contribution in [3.63, 3.8) is 0 Å². The van der Waals surface area contributed by atoms with Crippen LogP contribution >= 0.6 is 0 Å². The fourth-order valence-corrected chi connectivity index (χ4v) is 8.84. The fourth-order valence-electron chi connectivity index (χ4n) is 8.84. The highest BCUT2D eigenvalue weighted by Gasteiger charge is 2.60. The summed E-state index contributed by atoms with van der Waals surface area (Å²) in [4.78, 5) is 24.4. The molecule has 4 aliphatic rings. The van der Waals surface area contributed by atoms with Crippen molar-refractivity contribution in [1.82, 2.24) is 10.6 Å². The van der Waals surface area contributed by atoms with Gasteiger partial charge in [0.15, 0.2) is 0 Å². The summed E-state index contributed by atoms with van der Waals surface area (Å²) >= 11 is 0. The van der Waals surface area contributed by atoms with E-state index in [0.717, 1.165) is 36.2 Å². The Bertz CT molecular complexity index is 904. The summed E-state index contributed by atoms with van der Waals surface area (Å²) < 4.78 is 5.43. The van der Waals surface area contributed by atoms with Crippen molar-refractivity contribution < 1.29 is 14.3 Å². The highest BCUT2D eigenvalue weighted by atomic mass is 16.5. The van der Waals surface area contributed by atoms with E-state index in [2.05, 4.69) is 31.4 Å². The minimum atomic E-state index is -0.315. The maximum absolute atomic E-state index is 12.3. The van der Waals surface area contributed by atoms with Crippen LogP contribution in [0.1, 0.15) is 77.7 Å². The maximum atomic E-state index is 12.3. The molecule has 1 aliphatic heterocycles. The second-order valence-corrected chi connectivity index (χ2v) is 12.2. The molecule has 1 aromatic rings. The van der Waals surface area contributed by atoms with Gasteiger partial charge >= 0.3 is 6.09 Å². The van der Waals surface area contributed by atoms with E-state index in [9.17, 15) is 9.59 Å². The average Bonchev–Trinajstić information content (AvgIpc) is 3.19. The number of ether oxygens (including phenoxy) is 1. The molecule has 2 N–H and O–H groups in total. The summed E-state index contributed by atoms with van der Waals surface area (Å²) in [5.74, 6) is 3.65. The fraction of sp³-hybridized carbons (Fsp3) is 0.724. The molecule has 2 unspecified atom stereocenters. The number of rotatable bonds is 5. The van der Waals surface area contributed by atoms with Gasteiger partial charge in [0.05, 0.1) is 0 Å². The summed E-state index contributed by atoms with van der Waals surface area (Å²) in [7, 11) is 0. The van der Waals surface area contributed by atoms with E-state index in [1.54, 1.807) is 0 Å². The van der Waals surface area contributed by atoms with Crippen LogP contribution in [-0.2, 0) is 16.1 Å². The Balaban J connectivity index is 1.18. The molecule has 3 aliphatic carbocycles. The summed E-state index contributed by atoms with van der Waals surface area (Å²) in [5.41, 5.74) is 1.64. The Morgan fingerprint density at radius 1 is 1.06 bits per heavy atom. The first-order valence-corrected chi connectivity index (χ1v) is 13.5. The van der Waals surface area contributed by atoms with Crippen LogP contribution in [0.4, 0.5) is 4.79 Å². The molecule has 0 radical (unpaired) electrons. The molecule has 4 fully saturated rings. The molecule has 186 valence electrons. The zero-order chi connectivity index (χ0) is 23.9. The first-order valence-electron chi connectivity index (χ1n) is 13.5. The van der Waals surface area contributed by atoms with Crippen molar-refractivity contribution in [2.24, 2.45) is 40.4 Å². The average molecular weight is 467 g/mol. The summed E-state index contributed by atoms with van der Waals surface area (Å²) in [6, 6.07) is 10.2. The number of piperidine rings is 1. The summed E-state index contributed by atoms with van der Waals surface area (Å²) in [6.07, 6.45) is 9.00. The number of alkyl carbamates (subject to hydrolysis) is 1. The van der Waals surface area contributed by atoms with Crippen molar-refractivity contribution in [2.45, 2.75) is 84.8 Å². The molecule has 34 heavy (non-hydrogen) atoms. The Labute approximate surface area is 204 Å². The van der Waals surface area contributed by atoms with Crippen molar-refractivity contribution in [2.75, 3.05) is 6.54 Å². The van der Waals surface area contributed by atoms with Gasteiger partial charge in [-0.1, -0.05) is 51.1 Å². The monoisotopic (exact) mass is 466 g/mol. The standard InChI is InChI=1S/C29H42N2O3/c1-19(17-30-27(33)34-18-20-7-5-4-6-8-20)22-10-11-23-21-9-12-25-29(3,16-14-26(32)31-25)24(21)13-15-28(22,23)2/h4-8,19,21-25H,9-18H2,1-3H3,(H,30,33)(H,31,32)/t19?,21-,22+,23-,24-,25?,28+,29+/m0/s1. The van der Waals surface area contributed by atoms with E-state index in [4.69, 9.17) is 4.74 Å². The number of amides is 2. The number of hydrogen-bond acceptors (Lipinski definition) is 3. The Morgan fingerprint density at radius 2 is 1.82 bits per heavy atom. The van der Waals surface area contributed by atoms with Gasteiger partial charge in [-0.25, -0.2) is 4.79 Å². The molecule has 1 saturated heterocycles. The largest absolute Gasteiger partial charge is 0.445 e. The van der Waals surface area contributed by atoms with Gasteiger partial charge in [0, 0.05) is 19.0 Å². The lowest BCUT2D eigenvalue weighted by atomic mass is 9.46. The van der Waals surface area contributed by atoms with Gasteiger partial charge in [-0.2, -0.15) is 0 Å². The zero-order valence-corrected chi connectivity index (χ0v) is 21.1. The van der Waals surface area contributed by atoms with E-state index >= 15 is 0 Å². The van der Waals surface area contributed by atoms with E-state index in [0.29, 0.717) is 42.9 Å². The first kappa shape index (κ1) is 23.7. The normalized spacial score (nSPS) is 39.7. The third-order valence-electron chi connectivity index (χ3n) is 10.6. The van der Waals surface area contributed by atoms with Gasteiger partial charge in [0.2, 0.25) is 5.91 Å². The van der Waals surface area contributed by atoms with Gasteiger partial charge in [0.1, 0.15) is 6.61 Å². The molecule has 8 atom stereocenters. The lowest BCUT2D eigenvalue weighted by molar-refractivity contribution is -0.137. The number of hydrogen-bond donors (Lipinski definition) is 2. The molecular formula is C29H42N2O3. The first-order chi connectivity index (χ1) is 16.3. The molecule has 0 spiro atoms. The van der Waals surface area contributed by atoms with Gasteiger partial charge in [-0.15, -0.1) is 0 Å². The highest BCUT2D eigenvalue weighted by Crippen LogP contribution is 2.66. The SMILES string of the molecule is CC(CNC(=O)OCc1ccccc1)[C@H]1CC[C@H]2[C@@H]3CCC4NC(=O)CC[C@]4(C)[C@H]3CC[C@]12C. The topological polar surface area (TPSA) is 67.4 Å². The summed E-state index contributed by atoms with van der Waals surface area (Å²) in [6.45, 7) is 8.33. The third-order valence-corrected chi connectivity index (χ3v) is 10.6. The van der Waals surface area contributed by atoms with Crippen LogP contribution in [-0.4, -0.2) is 24.6 Å². The molecule has 5 heteroatoms. The molecule has 5 rings (SSSR count). The molecule has 3 saturated carbocycles. The van der Waals surface area contributed by atoms with Crippen molar-refractivity contribution in [3.05, 3.63) is 35.9 Å². The lowest BCUT2D eigenvalue weighted by Crippen LogP contribution is -2.61. The molecule has 5 nitrogen and oxygen atoms in total. The van der Waals surface area contributed by atoms with Crippen LogP contribution in [0.3, 0.4) is 0 Å². The predicted molar refractivity (Wildman–Crippen MR) is 133 cm³/mol. The van der Waals surface area contributed by atoms with Crippen molar-refractivity contribution in [3.8, 4) is 0 Å². The van der Waals surface area contributed by atoms with Crippen LogP contribution < -0.4 is 10.6 Å². The van der Waals surface area contributed by atoms with Crippen LogP contribution in [0.25, 0.3) is 0 Å². The molecule has 0 bridgehead atoms. The Kier molecular flexibility index (Phi) is 6.41. The second-order valence-electron chi connectivity index (χ2n) is 12.2. The van der Waals surface area contributed by atoms with Crippen LogP contribution in [0.5, 0.6) is 0 Å². The smallest absolute Gasteiger partial charge is 0.407 e. The molecule has 0 aromatic heterocycles. The van der Waals surface area contributed by atoms with Crippen LogP contribution in [0, 0.1) is 40.4 Å². The van der Waals surface area contributed by atoms with Crippen molar-refractivity contribution in [1.29, 1.82) is 0 Å². The number of nitrogens with one attached hydrogen (secondary N) is 2. The Morgan fingerprint density at radius 3 is 2.62 bits per heavy atom. The number of carbonyl (C=O) groups is 2. The summed E-state index contributed by atoms with van der Waals surface area (Å²) in [5, 5.41) is 6.39. The van der Waals surface area contributed by atoms with E-state index in [1.807, 2.05) is 30.3 Å². The van der Waals surface area contributed by atoms with Gasteiger partial charge < -0.3 is 15.4 Å².